The van der Waals surface area contributed by atoms with E-state index in [9.17, 15) is 0 Å². The zero-order chi connectivity index (χ0) is 11.4. The van der Waals surface area contributed by atoms with E-state index in [2.05, 4.69) is 9.97 Å². The maximum Gasteiger partial charge on any atom is 0.214 e. The molecule has 0 spiro atoms. The maximum atomic E-state index is 5.84. The highest BCUT2D eigenvalue weighted by atomic mass is 32.2. The molecule has 2 N–H and O–H groups in total. The van der Waals surface area contributed by atoms with E-state index in [0.717, 1.165) is 9.92 Å². The first kappa shape index (κ1) is 10.8. The smallest absolute Gasteiger partial charge is 0.214 e. The van der Waals surface area contributed by atoms with Crippen molar-refractivity contribution in [2.24, 2.45) is 0 Å². The van der Waals surface area contributed by atoms with Gasteiger partial charge in [-0.2, -0.15) is 0 Å². The Morgan fingerprint density at radius 2 is 1.94 bits per heavy atom. The van der Waals surface area contributed by atoms with Gasteiger partial charge in [-0.1, -0.05) is 11.8 Å². The zero-order valence-corrected chi connectivity index (χ0v) is 9.57. The second-order valence-corrected chi connectivity index (χ2v) is 4.10. The minimum Gasteiger partial charge on any atom is -0.481 e. The number of hydrogen-bond acceptors (Lipinski definition) is 5. The summed E-state index contributed by atoms with van der Waals surface area (Å²) in [6.07, 6.45) is 3.47. The third kappa shape index (κ3) is 2.43. The van der Waals surface area contributed by atoms with Gasteiger partial charge in [0, 0.05) is 23.4 Å². The average molecular weight is 233 g/mol. The third-order valence-electron chi connectivity index (χ3n) is 1.94. The van der Waals surface area contributed by atoms with Crippen LogP contribution in [0.25, 0.3) is 0 Å². The Kier molecular flexibility index (Phi) is 3.26. The minimum atomic E-state index is 0.561. The molecule has 0 radical (unpaired) electrons. The Labute approximate surface area is 97.9 Å². The summed E-state index contributed by atoms with van der Waals surface area (Å²) >= 11 is 1.49. The van der Waals surface area contributed by atoms with Crippen molar-refractivity contribution in [3.8, 4) is 5.88 Å². The van der Waals surface area contributed by atoms with Gasteiger partial charge in [-0.05, 0) is 18.2 Å². The van der Waals surface area contributed by atoms with Crippen molar-refractivity contribution in [2.45, 2.75) is 9.92 Å². The second kappa shape index (κ2) is 4.85. The molecule has 0 bridgehead atoms. The van der Waals surface area contributed by atoms with E-state index < -0.39 is 0 Å². The average Bonchev–Trinajstić information content (AvgIpc) is 2.33. The number of ether oxygens (including phenoxy) is 1. The lowest BCUT2D eigenvalue weighted by atomic mass is 10.4. The van der Waals surface area contributed by atoms with E-state index in [1.54, 1.807) is 31.6 Å². The van der Waals surface area contributed by atoms with Gasteiger partial charge in [-0.3, -0.25) is 4.98 Å². The Morgan fingerprint density at radius 3 is 2.62 bits per heavy atom. The second-order valence-electron chi connectivity index (χ2n) is 3.03. The number of nitrogen functional groups attached to an aromatic ring is 1. The Balaban J connectivity index is 2.27. The van der Waals surface area contributed by atoms with E-state index >= 15 is 0 Å². The number of rotatable bonds is 3. The molecule has 0 saturated carbocycles. The van der Waals surface area contributed by atoms with E-state index in [1.807, 2.05) is 12.1 Å². The molecule has 0 aliphatic carbocycles. The van der Waals surface area contributed by atoms with Gasteiger partial charge in [0.2, 0.25) is 5.88 Å². The Bertz CT molecular complexity index is 476. The molecule has 0 unspecified atom stereocenters. The van der Waals surface area contributed by atoms with Gasteiger partial charge in [0.1, 0.15) is 5.03 Å². The molecule has 82 valence electrons. The van der Waals surface area contributed by atoms with Crippen LogP contribution >= 0.6 is 11.8 Å². The van der Waals surface area contributed by atoms with Crippen molar-refractivity contribution in [1.82, 2.24) is 9.97 Å². The van der Waals surface area contributed by atoms with Gasteiger partial charge in [0.05, 0.1) is 12.8 Å². The highest BCUT2D eigenvalue weighted by molar-refractivity contribution is 7.99. The largest absolute Gasteiger partial charge is 0.481 e. The standard InChI is InChI=1S/C11H11N3OS/c1-15-10-3-2-9(12)11(14-10)16-8-4-6-13-7-5-8/h2-7H,12H2,1H3. The minimum absolute atomic E-state index is 0.561. The van der Waals surface area contributed by atoms with Crippen molar-refractivity contribution >= 4 is 17.4 Å². The van der Waals surface area contributed by atoms with Crippen LogP contribution in [-0.4, -0.2) is 17.1 Å². The van der Waals surface area contributed by atoms with Gasteiger partial charge >= 0.3 is 0 Å². The number of nitrogens with zero attached hydrogens (tertiary/aromatic N) is 2. The number of pyridine rings is 2. The van der Waals surface area contributed by atoms with Crippen LogP contribution < -0.4 is 10.5 Å². The summed E-state index contributed by atoms with van der Waals surface area (Å²) in [6.45, 7) is 0. The molecule has 5 heteroatoms. The van der Waals surface area contributed by atoms with Crippen LogP contribution in [0.1, 0.15) is 0 Å². The summed E-state index contributed by atoms with van der Waals surface area (Å²) in [5, 5.41) is 0.741. The van der Waals surface area contributed by atoms with Crippen LogP contribution in [0.15, 0.2) is 46.6 Å². The van der Waals surface area contributed by atoms with Gasteiger partial charge in [0.25, 0.3) is 0 Å². The summed E-state index contributed by atoms with van der Waals surface area (Å²) in [4.78, 5) is 9.28. The molecule has 2 rings (SSSR count). The van der Waals surface area contributed by atoms with Crippen LogP contribution in [0.2, 0.25) is 0 Å². The lowest BCUT2D eigenvalue weighted by molar-refractivity contribution is 0.395. The third-order valence-corrected chi connectivity index (χ3v) is 2.97. The number of anilines is 1. The Morgan fingerprint density at radius 1 is 1.19 bits per heavy atom. The molecule has 0 saturated heterocycles. The van der Waals surface area contributed by atoms with Crippen LogP contribution in [0.4, 0.5) is 5.69 Å². The van der Waals surface area contributed by atoms with Crippen molar-refractivity contribution in [3.05, 3.63) is 36.7 Å². The van der Waals surface area contributed by atoms with E-state index in [-0.39, 0.29) is 0 Å². The quantitative estimate of drug-likeness (QED) is 0.880. The summed E-state index contributed by atoms with van der Waals surface area (Å²) in [6, 6.07) is 7.35. The van der Waals surface area contributed by atoms with Gasteiger partial charge in [-0.15, -0.1) is 0 Å². The molecule has 2 aromatic heterocycles. The number of nitrogens with two attached hydrogens (primary N) is 1. The van der Waals surface area contributed by atoms with Crippen molar-refractivity contribution in [1.29, 1.82) is 0 Å². The van der Waals surface area contributed by atoms with Crippen molar-refractivity contribution in [3.63, 3.8) is 0 Å². The fraction of sp³-hybridized carbons (Fsp3) is 0.0909. The lowest BCUT2D eigenvalue weighted by Gasteiger charge is -2.06. The SMILES string of the molecule is COc1ccc(N)c(Sc2ccncc2)n1. The molecule has 16 heavy (non-hydrogen) atoms. The summed E-state index contributed by atoms with van der Waals surface area (Å²) < 4.78 is 5.06. The molecular weight excluding hydrogens is 222 g/mol. The van der Waals surface area contributed by atoms with Gasteiger partial charge < -0.3 is 10.5 Å². The van der Waals surface area contributed by atoms with Gasteiger partial charge in [0.15, 0.2) is 0 Å². The van der Waals surface area contributed by atoms with Crippen LogP contribution in [0, 0.1) is 0 Å². The zero-order valence-electron chi connectivity index (χ0n) is 8.75. The van der Waals surface area contributed by atoms with Crippen molar-refractivity contribution in [2.75, 3.05) is 12.8 Å². The van der Waals surface area contributed by atoms with E-state index in [0.29, 0.717) is 11.6 Å². The van der Waals surface area contributed by atoms with E-state index in [4.69, 9.17) is 10.5 Å². The summed E-state index contributed by atoms with van der Waals surface area (Å²) in [5.74, 6) is 0.561. The van der Waals surface area contributed by atoms with Crippen molar-refractivity contribution < 1.29 is 4.74 Å². The first-order chi connectivity index (χ1) is 7.79. The first-order valence-corrected chi connectivity index (χ1v) is 5.49. The number of hydrogen-bond donors (Lipinski definition) is 1. The predicted octanol–water partition coefficient (Wildman–Crippen LogP) is 2.22. The van der Waals surface area contributed by atoms with Crippen LogP contribution in [-0.2, 0) is 0 Å². The lowest BCUT2D eigenvalue weighted by Crippen LogP contribution is -1.94. The molecule has 0 aromatic carbocycles. The van der Waals surface area contributed by atoms with E-state index in [1.165, 1.54) is 11.8 Å². The maximum absolute atomic E-state index is 5.84. The fourth-order valence-electron chi connectivity index (χ4n) is 1.15. The molecule has 0 amide bonds. The highest BCUT2D eigenvalue weighted by Crippen LogP contribution is 2.31. The van der Waals surface area contributed by atoms with Crippen LogP contribution in [0.3, 0.4) is 0 Å². The monoisotopic (exact) mass is 233 g/mol. The normalized spacial score (nSPS) is 10.1. The molecular formula is C11H11N3OS. The fourth-order valence-corrected chi connectivity index (χ4v) is 1.95. The number of methoxy groups -OCH3 is 1. The highest BCUT2D eigenvalue weighted by Gasteiger charge is 2.05. The molecule has 0 atom stereocenters. The van der Waals surface area contributed by atoms with Gasteiger partial charge in [-0.25, -0.2) is 4.98 Å². The van der Waals surface area contributed by atoms with Crippen LogP contribution in [0.5, 0.6) is 5.88 Å². The molecule has 2 aromatic rings. The molecule has 0 fully saturated rings. The molecule has 4 nitrogen and oxygen atoms in total. The molecule has 2 heterocycles. The molecule has 0 aliphatic rings. The first-order valence-electron chi connectivity index (χ1n) is 4.68. The molecule has 0 aliphatic heterocycles. The number of aromatic nitrogens is 2. The topological polar surface area (TPSA) is 61.0 Å². The summed E-state index contributed by atoms with van der Waals surface area (Å²) in [5.41, 5.74) is 6.48. The Hall–Kier alpha value is -1.75. The summed E-state index contributed by atoms with van der Waals surface area (Å²) in [7, 11) is 1.58. The predicted molar refractivity (Wildman–Crippen MR) is 63.6 cm³/mol.